The molecule has 2 aliphatic heterocycles. The number of hydrogen-bond acceptors (Lipinski definition) is 14. The second-order valence-electron chi connectivity index (χ2n) is 23.0. The maximum atomic E-state index is 13.0. The maximum Gasteiger partial charge on any atom is 0.328 e. The quantitative estimate of drug-likeness (QED) is 0.0752. The average Bonchev–Trinajstić information content (AvgIpc) is 3.30. The van der Waals surface area contributed by atoms with Gasteiger partial charge in [-0.05, 0) is 104 Å². The molecule has 76 heavy (non-hydrogen) atoms. The molecule has 2 heterocycles. The van der Waals surface area contributed by atoms with Gasteiger partial charge in [-0.3, -0.25) is 29.0 Å². The first-order chi connectivity index (χ1) is 34.9. The molecule has 2 aliphatic rings. The van der Waals surface area contributed by atoms with Crippen molar-refractivity contribution >= 4 is 70.1 Å². The molecule has 0 bridgehead atoms. The van der Waals surface area contributed by atoms with Crippen LogP contribution in [0.3, 0.4) is 0 Å². The van der Waals surface area contributed by atoms with Crippen LogP contribution in [-0.4, -0.2) is 175 Å². The van der Waals surface area contributed by atoms with Gasteiger partial charge in [0, 0.05) is 86.4 Å². The number of aliphatic carboxylic acids is 2. The van der Waals surface area contributed by atoms with Crippen LogP contribution < -0.4 is 31.9 Å². The van der Waals surface area contributed by atoms with Crippen molar-refractivity contribution in [3.05, 3.63) is 70.7 Å². The molecule has 0 aromatic heterocycles. The number of aliphatic hydroxyl groups excluding tert-OH is 2. The first kappa shape index (κ1) is 67.4. The van der Waals surface area contributed by atoms with Crippen molar-refractivity contribution in [1.29, 1.82) is 0 Å². The molecule has 0 unspecified atom stereocenters. The Labute approximate surface area is 458 Å². The van der Waals surface area contributed by atoms with E-state index in [-0.39, 0.29) is 74.5 Å². The molecule has 0 radical (unpaired) electrons. The van der Waals surface area contributed by atoms with E-state index in [1.165, 1.54) is 0 Å². The highest BCUT2D eigenvalue weighted by Crippen LogP contribution is 2.33. The van der Waals surface area contributed by atoms with Crippen molar-refractivity contribution in [3.63, 3.8) is 0 Å². The number of carboxylic acids is 2. The summed E-state index contributed by atoms with van der Waals surface area (Å²) in [7, 11) is 0. The molecule has 2 aromatic carbocycles. The Kier molecular flexibility index (Phi) is 26.0. The monoisotopic (exact) mass is 1110 g/mol. The lowest BCUT2D eigenvalue weighted by Crippen LogP contribution is -2.64. The summed E-state index contributed by atoms with van der Waals surface area (Å²) in [4.78, 5) is 77.7. The molecule has 22 heteroatoms. The zero-order valence-corrected chi connectivity index (χ0v) is 47.8. The lowest BCUT2D eigenvalue weighted by atomic mass is 9.86. The maximum absolute atomic E-state index is 13.0. The largest absolute Gasteiger partial charge is 0.478 e. The Hall–Kier alpha value is -4.74. The van der Waals surface area contributed by atoms with E-state index >= 15 is 0 Å². The van der Waals surface area contributed by atoms with Gasteiger partial charge >= 0.3 is 11.9 Å². The normalized spacial score (nSPS) is 18.7. The third-order valence-electron chi connectivity index (χ3n) is 13.2. The van der Waals surface area contributed by atoms with E-state index in [0.29, 0.717) is 59.8 Å². The Balaban J connectivity index is 0.000000454. The van der Waals surface area contributed by atoms with Crippen LogP contribution in [-0.2, 0) is 28.8 Å². The third-order valence-corrected chi connectivity index (χ3v) is 13.9. The first-order valence-corrected chi connectivity index (χ1v) is 26.2. The van der Waals surface area contributed by atoms with Gasteiger partial charge in [-0.2, -0.15) is 0 Å². The number of piperazine rings is 2. The van der Waals surface area contributed by atoms with Crippen LogP contribution in [0.1, 0.15) is 95.9 Å². The van der Waals surface area contributed by atoms with Crippen molar-refractivity contribution in [2.24, 2.45) is 35.1 Å². The van der Waals surface area contributed by atoms with Gasteiger partial charge in [0.05, 0.1) is 57.9 Å². The van der Waals surface area contributed by atoms with Gasteiger partial charge in [-0.25, -0.2) is 9.59 Å². The highest BCUT2D eigenvalue weighted by Gasteiger charge is 2.42. The van der Waals surface area contributed by atoms with Gasteiger partial charge in [0.1, 0.15) is 0 Å². The van der Waals surface area contributed by atoms with Crippen LogP contribution in [0.2, 0.25) is 10.0 Å². The number of carbonyl (C=O) groups excluding carboxylic acids is 4. The van der Waals surface area contributed by atoms with Gasteiger partial charge in [-0.15, -0.1) is 0 Å². The van der Waals surface area contributed by atoms with Crippen LogP contribution in [0.25, 0.3) is 0 Å². The number of nitrogens with zero attached hydrogens (tertiary/aromatic N) is 4. The van der Waals surface area contributed by atoms with Crippen molar-refractivity contribution in [2.45, 2.75) is 142 Å². The summed E-state index contributed by atoms with van der Waals surface area (Å²) in [5, 5.41) is 63.7. The Morgan fingerprint density at radius 3 is 1.20 bits per heavy atom. The number of nitrogens with one attached hydrogen (secondary N) is 2. The number of benzene rings is 2. The van der Waals surface area contributed by atoms with Gasteiger partial charge in [-0.1, -0.05) is 75.2 Å². The van der Waals surface area contributed by atoms with Crippen LogP contribution in [0, 0.1) is 23.7 Å². The number of hydrogen-bond donors (Lipinski definition) is 10. The molecule has 6 atom stereocenters. The number of amides is 4. The molecule has 4 amide bonds. The van der Waals surface area contributed by atoms with Gasteiger partial charge in [0.2, 0.25) is 23.6 Å². The lowest BCUT2D eigenvalue weighted by Gasteiger charge is -2.47. The number of halogens is 2. The minimum absolute atomic E-state index is 0.0131. The third kappa shape index (κ3) is 22.3. The highest BCUT2D eigenvalue weighted by atomic mass is 35.5. The van der Waals surface area contributed by atoms with E-state index in [1.54, 1.807) is 49.6 Å². The van der Waals surface area contributed by atoms with Crippen LogP contribution in [0.15, 0.2) is 60.7 Å². The van der Waals surface area contributed by atoms with Gasteiger partial charge in [0.15, 0.2) is 0 Å². The minimum atomic E-state index is -1.26. The fourth-order valence-electron chi connectivity index (χ4n) is 8.48. The first-order valence-electron chi connectivity index (χ1n) is 25.5. The summed E-state index contributed by atoms with van der Waals surface area (Å²) < 4.78 is 0. The number of nitrogens with two attached hydrogens (primary N) is 2. The summed E-state index contributed by atoms with van der Waals surface area (Å²) in [5.41, 5.74) is 11.3. The zero-order valence-electron chi connectivity index (χ0n) is 46.3. The van der Waals surface area contributed by atoms with E-state index in [2.05, 4.69) is 10.6 Å². The molecule has 2 fully saturated rings. The van der Waals surface area contributed by atoms with Crippen LogP contribution in [0.4, 0.5) is 11.4 Å². The number of anilines is 2. The van der Waals surface area contributed by atoms with E-state index in [9.17, 15) is 49.2 Å². The molecule has 428 valence electrons. The van der Waals surface area contributed by atoms with E-state index in [4.69, 9.17) is 44.9 Å². The standard InChI is InChI=1S/2C25H41ClN4O4.C4H4O4/c2*1-16(2)17(23(33)28-14-25(5,6)34)11-21(31)19(27)12-29-13-22(32)30(15-24(29,3)4)20-10-8-7-9-18(20)26;5-3(6)1-2-4(7)8/h2*7-10,16-17,19,21,31,34H,11-15,27H2,1-6H3,(H,28,33);1-2H,(H,5,6)(H,7,8)/b;;2-1+/t2*17-,19-,21-;/m00./s1. The molecule has 0 aliphatic carbocycles. The van der Waals surface area contributed by atoms with Crippen molar-refractivity contribution in [2.75, 3.05) is 62.2 Å². The second-order valence-corrected chi connectivity index (χ2v) is 23.8. The zero-order chi connectivity index (χ0) is 58.3. The smallest absolute Gasteiger partial charge is 0.328 e. The summed E-state index contributed by atoms with van der Waals surface area (Å²) in [5.74, 6) is -4.04. The van der Waals surface area contributed by atoms with E-state index < -0.39 is 70.3 Å². The van der Waals surface area contributed by atoms with Crippen molar-refractivity contribution in [1.82, 2.24) is 20.4 Å². The molecule has 4 rings (SSSR count). The molecular formula is C54H86Cl2N8O12. The van der Waals surface area contributed by atoms with Crippen LogP contribution in [0.5, 0.6) is 0 Å². The second kappa shape index (κ2) is 29.3. The summed E-state index contributed by atoms with van der Waals surface area (Å²) in [6.45, 7) is 24.3. The summed E-state index contributed by atoms with van der Waals surface area (Å²) in [6.07, 6.45) is -0.333. The average molecular weight is 1110 g/mol. The van der Waals surface area contributed by atoms with Crippen molar-refractivity contribution in [3.8, 4) is 0 Å². The predicted molar refractivity (Wildman–Crippen MR) is 296 cm³/mol. The SMILES string of the molecule is CC(C)[C@H](C[C@H](O)[C@@H](N)CN1CC(=O)N(c2ccccc2Cl)CC1(C)C)C(=O)NCC(C)(C)O.CC(C)[C@H](C[C@H](O)[C@@H](N)CN1CC(=O)N(c2ccccc2Cl)CC1(C)C)C(=O)NCC(C)(C)O.O=C(O)/C=C/C(=O)O. The molecule has 2 aromatic rings. The highest BCUT2D eigenvalue weighted by molar-refractivity contribution is 6.34. The Morgan fingerprint density at radius 1 is 0.632 bits per heavy atom. The number of rotatable bonds is 22. The Bertz CT molecular complexity index is 2130. The molecule has 20 nitrogen and oxygen atoms in total. The van der Waals surface area contributed by atoms with Crippen molar-refractivity contribution < 1.29 is 59.4 Å². The van der Waals surface area contributed by atoms with Gasteiger partial charge < -0.3 is 62.5 Å². The summed E-state index contributed by atoms with van der Waals surface area (Å²) in [6, 6.07) is 13.3. The molecular weight excluding hydrogens is 1020 g/mol. The van der Waals surface area contributed by atoms with E-state index in [0.717, 1.165) is 0 Å². The molecule has 0 spiro atoms. The molecule has 12 N–H and O–H groups in total. The number of aliphatic hydroxyl groups is 4. The fourth-order valence-corrected chi connectivity index (χ4v) is 8.95. The number of carbonyl (C=O) groups is 6. The fraction of sp³-hybridized carbons (Fsp3) is 0.630. The molecule has 0 saturated carbocycles. The minimum Gasteiger partial charge on any atom is -0.478 e. The van der Waals surface area contributed by atoms with Crippen LogP contribution >= 0.6 is 23.2 Å². The van der Waals surface area contributed by atoms with E-state index in [1.807, 2.05) is 102 Å². The topological polar surface area (TPSA) is 313 Å². The van der Waals surface area contributed by atoms with Gasteiger partial charge in [0.25, 0.3) is 0 Å². The molecule has 2 saturated heterocycles. The number of para-hydroxylation sites is 2. The lowest BCUT2D eigenvalue weighted by molar-refractivity contribution is -0.134. The number of carboxylic acid groups (broad SMARTS) is 2. The summed E-state index contributed by atoms with van der Waals surface area (Å²) >= 11 is 12.6. The Morgan fingerprint density at radius 2 is 0.934 bits per heavy atom. The predicted octanol–water partition coefficient (Wildman–Crippen LogP) is 3.72.